The van der Waals surface area contributed by atoms with Crippen LogP contribution in [0.1, 0.15) is 11.1 Å². The fourth-order valence-corrected chi connectivity index (χ4v) is 3.85. The van der Waals surface area contributed by atoms with Gasteiger partial charge in [0.2, 0.25) is 0 Å². The van der Waals surface area contributed by atoms with Gasteiger partial charge in [-0.05, 0) is 47.5 Å². The van der Waals surface area contributed by atoms with Crippen molar-refractivity contribution in [3.05, 3.63) is 84.2 Å². The lowest BCUT2D eigenvalue weighted by molar-refractivity contribution is 0.251. The molecule has 0 bridgehead atoms. The van der Waals surface area contributed by atoms with Crippen LogP contribution in [-0.2, 0) is 22.4 Å². The monoisotopic (exact) mass is 430 g/mol. The molecule has 1 heterocycles. The molecule has 3 aromatic rings. The second kappa shape index (κ2) is 9.40. The minimum atomic E-state index is -3.78. The fourth-order valence-electron chi connectivity index (χ4n) is 2.52. The van der Waals surface area contributed by atoms with Crippen LogP contribution in [-0.4, -0.2) is 19.4 Å². The van der Waals surface area contributed by atoms with Crippen LogP contribution in [0, 0.1) is 0 Å². The summed E-state index contributed by atoms with van der Waals surface area (Å²) >= 11 is 5.86. The highest BCUT2D eigenvalue weighted by atomic mass is 35.5. The molecule has 150 valence electrons. The van der Waals surface area contributed by atoms with Crippen molar-refractivity contribution in [2.24, 2.45) is 0 Å². The van der Waals surface area contributed by atoms with Crippen LogP contribution in [0.4, 0.5) is 16.2 Å². The van der Waals surface area contributed by atoms with E-state index < -0.39 is 16.1 Å². The minimum Gasteiger partial charge on any atom is -0.334 e. The zero-order valence-corrected chi connectivity index (χ0v) is 16.9. The molecular weight excluding hydrogens is 412 g/mol. The molecule has 0 radical (unpaired) electrons. The molecule has 0 fully saturated rings. The highest BCUT2D eigenvalue weighted by molar-refractivity contribution is 7.92. The van der Waals surface area contributed by atoms with Crippen LogP contribution < -0.4 is 15.4 Å². The molecule has 1 aromatic heterocycles. The number of pyridine rings is 1. The summed E-state index contributed by atoms with van der Waals surface area (Å²) in [5.74, 6) is 0.190. The number of para-hydroxylation sites is 1. The molecule has 2 amide bonds. The molecule has 0 saturated heterocycles. The van der Waals surface area contributed by atoms with E-state index in [1.54, 1.807) is 42.7 Å². The van der Waals surface area contributed by atoms with Crippen LogP contribution in [0.5, 0.6) is 0 Å². The lowest BCUT2D eigenvalue weighted by Crippen LogP contribution is -2.28. The lowest BCUT2D eigenvalue weighted by atomic mass is 10.2. The number of hydrogen-bond acceptors (Lipinski definition) is 4. The average Bonchev–Trinajstić information content (AvgIpc) is 2.73. The molecule has 9 heteroatoms. The standard InChI is InChI=1S/C20H19ClN4O3S/c21-12-16-5-1-2-6-19(16)25-29(27,28)18-9-7-17(8-10-18)24-20(26)23-14-15-4-3-11-22-13-15/h1-11,13,25H,12,14H2,(H2,23,24,26). The third-order valence-electron chi connectivity index (χ3n) is 4.00. The van der Waals surface area contributed by atoms with E-state index >= 15 is 0 Å². The van der Waals surface area contributed by atoms with Crippen LogP contribution in [0.15, 0.2) is 78.0 Å². The van der Waals surface area contributed by atoms with Crippen LogP contribution >= 0.6 is 11.6 Å². The molecule has 0 spiro atoms. The van der Waals surface area contributed by atoms with Gasteiger partial charge in [-0.1, -0.05) is 24.3 Å². The number of carbonyl (C=O) groups is 1. The molecule has 0 aliphatic carbocycles. The second-order valence-corrected chi connectivity index (χ2v) is 8.04. The summed E-state index contributed by atoms with van der Waals surface area (Å²) in [5.41, 5.74) is 2.45. The predicted molar refractivity (Wildman–Crippen MR) is 113 cm³/mol. The quantitative estimate of drug-likeness (QED) is 0.494. The normalized spacial score (nSPS) is 10.9. The number of anilines is 2. The molecule has 7 nitrogen and oxygen atoms in total. The molecule has 0 aliphatic rings. The fraction of sp³-hybridized carbons (Fsp3) is 0.100. The topological polar surface area (TPSA) is 100 Å². The van der Waals surface area contributed by atoms with Crippen molar-refractivity contribution in [1.82, 2.24) is 10.3 Å². The number of aromatic nitrogens is 1. The maximum absolute atomic E-state index is 12.6. The Bertz CT molecular complexity index is 1070. The Morgan fingerprint density at radius 1 is 1.00 bits per heavy atom. The molecule has 0 unspecified atom stereocenters. The zero-order valence-electron chi connectivity index (χ0n) is 15.3. The van der Waals surface area contributed by atoms with Crippen molar-refractivity contribution in [3.8, 4) is 0 Å². The third kappa shape index (κ3) is 5.69. The van der Waals surface area contributed by atoms with E-state index in [2.05, 4.69) is 20.3 Å². The summed E-state index contributed by atoms with van der Waals surface area (Å²) in [7, 11) is -3.78. The molecule has 0 atom stereocenters. The first-order chi connectivity index (χ1) is 14.0. The zero-order chi connectivity index (χ0) is 20.7. The maximum atomic E-state index is 12.6. The van der Waals surface area contributed by atoms with E-state index in [1.165, 1.54) is 24.3 Å². The van der Waals surface area contributed by atoms with E-state index in [-0.39, 0.29) is 10.8 Å². The number of amides is 2. The highest BCUT2D eigenvalue weighted by Gasteiger charge is 2.16. The van der Waals surface area contributed by atoms with E-state index in [0.717, 1.165) is 5.56 Å². The van der Waals surface area contributed by atoms with Crippen molar-refractivity contribution >= 4 is 39.0 Å². The number of sulfonamides is 1. The van der Waals surface area contributed by atoms with E-state index in [0.29, 0.717) is 23.5 Å². The van der Waals surface area contributed by atoms with Gasteiger partial charge in [-0.25, -0.2) is 13.2 Å². The molecule has 2 aromatic carbocycles. The summed E-state index contributed by atoms with van der Waals surface area (Å²) in [4.78, 5) is 16.0. The van der Waals surface area contributed by atoms with Gasteiger partial charge in [0.25, 0.3) is 10.0 Å². The Labute approximate surface area is 174 Å². The Balaban J connectivity index is 1.62. The third-order valence-corrected chi connectivity index (χ3v) is 5.67. The number of benzene rings is 2. The number of alkyl halides is 1. The van der Waals surface area contributed by atoms with Gasteiger partial charge in [0.1, 0.15) is 0 Å². The van der Waals surface area contributed by atoms with Crippen LogP contribution in [0.25, 0.3) is 0 Å². The molecule has 3 rings (SSSR count). The SMILES string of the molecule is O=C(NCc1cccnc1)Nc1ccc(S(=O)(=O)Nc2ccccc2CCl)cc1. The van der Waals surface area contributed by atoms with Crippen LogP contribution in [0.2, 0.25) is 0 Å². The first kappa shape index (κ1) is 20.6. The van der Waals surface area contributed by atoms with Gasteiger partial charge >= 0.3 is 6.03 Å². The van der Waals surface area contributed by atoms with Crippen molar-refractivity contribution in [1.29, 1.82) is 0 Å². The summed E-state index contributed by atoms with van der Waals surface area (Å²) in [6, 6.07) is 16.0. The van der Waals surface area contributed by atoms with Crippen molar-refractivity contribution in [3.63, 3.8) is 0 Å². The highest BCUT2D eigenvalue weighted by Crippen LogP contribution is 2.22. The van der Waals surface area contributed by atoms with E-state index in [4.69, 9.17) is 11.6 Å². The Morgan fingerprint density at radius 2 is 1.76 bits per heavy atom. The molecule has 0 saturated carbocycles. The number of halogens is 1. The Morgan fingerprint density at radius 3 is 2.45 bits per heavy atom. The number of rotatable bonds is 7. The number of nitrogens with one attached hydrogen (secondary N) is 3. The number of carbonyl (C=O) groups excluding carboxylic acids is 1. The predicted octanol–water partition coefficient (Wildman–Crippen LogP) is 3.94. The summed E-state index contributed by atoms with van der Waals surface area (Å²) in [5, 5.41) is 5.36. The van der Waals surface area contributed by atoms with Crippen molar-refractivity contribution in [2.75, 3.05) is 10.0 Å². The smallest absolute Gasteiger partial charge is 0.319 e. The van der Waals surface area contributed by atoms with Gasteiger partial charge in [0, 0.05) is 30.5 Å². The Kier molecular flexibility index (Phi) is 6.69. The Hall–Kier alpha value is -3.10. The van der Waals surface area contributed by atoms with Gasteiger partial charge < -0.3 is 10.6 Å². The summed E-state index contributed by atoms with van der Waals surface area (Å²) in [6.45, 7) is 0.329. The number of hydrogen-bond donors (Lipinski definition) is 3. The van der Waals surface area contributed by atoms with Crippen molar-refractivity contribution in [2.45, 2.75) is 17.3 Å². The minimum absolute atomic E-state index is 0.0724. The average molecular weight is 431 g/mol. The first-order valence-corrected chi connectivity index (χ1v) is 10.7. The van der Waals surface area contributed by atoms with E-state index in [9.17, 15) is 13.2 Å². The molecule has 0 aliphatic heterocycles. The molecule has 29 heavy (non-hydrogen) atoms. The van der Waals surface area contributed by atoms with Crippen molar-refractivity contribution < 1.29 is 13.2 Å². The van der Waals surface area contributed by atoms with Gasteiger partial charge in [-0.2, -0.15) is 0 Å². The largest absolute Gasteiger partial charge is 0.334 e. The number of nitrogens with zero attached hydrogens (tertiary/aromatic N) is 1. The maximum Gasteiger partial charge on any atom is 0.319 e. The summed E-state index contributed by atoms with van der Waals surface area (Å²) < 4.78 is 27.7. The molecule has 3 N–H and O–H groups in total. The van der Waals surface area contributed by atoms with Gasteiger partial charge in [0.05, 0.1) is 10.6 Å². The van der Waals surface area contributed by atoms with E-state index in [1.807, 2.05) is 6.07 Å². The second-order valence-electron chi connectivity index (χ2n) is 6.09. The first-order valence-electron chi connectivity index (χ1n) is 8.68. The summed E-state index contributed by atoms with van der Waals surface area (Å²) in [6.07, 6.45) is 3.32. The number of urea groups is 1. The molecular formula is C20H19ClN4O3S. The lowest BCUT2D eigenvalue weighted by Gasteiger charge is -2.12. The van der Waals surface area contributed by atoms with Gasteiger partial charge in [0.15, 0.2) is 0 Å². The van der Waals surface area contributed by atoms with Gasteiger partial charge in [-0.15, -0.1) is 11.6 Å². The van der Waals surface area contributed by atoms with Gasteiger partial charge in [-0.3, -0.25) is 9.71 Å². The van der Waals surface area contributed by atoms with Crippen LogP contribution in [0.3, 0.4) is 0 Å².